The molecule has 3 nitrogen and oxygen atoms in total. The normalized spacial score (nSPS) is 39.5. The molecule has 1 spiro atoms. The van der Waals surface area contributed by atoms with Gasteiger partial charge in [-0.1, -0.05) is 20.3 Å². The van der Waals surface area contributed by atoms with E-state index in [0.717, 1.165) is 25.4 Å². The Morgan fingerprint density at radius 2 is 1.95 bits per heavy atom. The van der Waals surface area contributed by atoms with Crippen LogP contribution in [0.4, 0.5) is 0 Å². The number of hydrogen-bond acceptors (Lipinski definition) is 3. The summed E-state index contributed by atoms with van der Waals surface area (Å²) < 4.78 is 5.65. The van der Waals surface area contributed by atoms with Gasteiger partial charge in [0.1, 0.15) is 5.60 Å². The van der Waals surface area contributed by atoms with E-state index in [1.54, 1.807) is 0 Å². The molecule has 2 aliphatic rings. The summed E-state index contributed by atoms with van der Waals surface area (Å²) >= 11 is 0. The molecule has 2 fully saturated rings. The van der Waals surface area contributed by atoms with Crippen LogP contribution < -0.4 is 5.32 Å². The van der Waals surface area contributed by atoms with E-state index in [-0.39, 0.29) is 22.9 Å². The van der Waals surface area contributed by atoms with Gasteiger partial charge in [0.15, 0.2) is 0 Å². The minimum absolute atomic E-state index is 0.00144. The van der Waals surface area contributed by atoms with Gasteiger partial charge in [-0.25, -0.2) is 0 Å². The molecule has 4 unspecified atom stereocenters. The van der Waals surface area contributed by atoms with Gasteiger partial charge in [-0.3, -0.25) is 4.79 Å². The Balaban J connectivity index is 2.17. The second kappa shape index (κ2) is 5.08. The van der Waals surface area contributed by atoms with Crippen LogP contribution in [0.3, 0.4) is 0 Å². The fourth-order valence-corrected chi connectivity index (χ4v) is 3.97. The van der Waals surface area contributed by atoms with Crippen molar-refractivity contribution >= 4 is 5.97 Å². The first-order valence-electron chi connectivity index (χ1n) is 7.68. The number of esters is 1. The van der Waals surface area contributed by atoms with Crippen molar-refractivity contribution < 1.29 is 9.53 Å². The summed E-state index contributed by atoms with van der Waals surface area (Å²) in [4.78, 5) is 12.5. The van der Waals surface area contributed by atoms with Crippen LogP contribution in [-0.2, 0) is 9.53 Å². The maximum Gasteiger partial charge on any atom is 0.311 e. The highest BCUT2D eigenvalue weighted by Gasteiger charge is 2.53. The fourth-order valence-electron chi connectivity index (χ4n) is 3.97. The van der Waals surface area contributed by atoms with Crippen molar-refractivity contribution in [3.05, 3.63) is 0 Å². The van der Waals surface area contributed by atoms with Crippen molar-refractivity contribution in [1.29, 1.82) is 0 Å². The summed E-state index contributed by atoms with van der Waals surface area (Å²) in [7, 11) is 0. The van der Waals surface area contributed by atoms with Crippen LogP contribution in [0.25, 0.3) is 0 Å². The third kappa shape index (κ3) is 2.96. The highest BCUT2D eigenvalue weighted by Crippen LogP contribution is 2.50. The number of carbonyl (C=O) groups excluding carboxylic acids is 1. The smallest absolute Gasteiger partial charge is 0.311 e. The standard InChI is InChI=1S/C16H29NO2/c1-11-6-7-12(2)16(8-11)10-17-9-13(16)14(18)19-15(3,4)5/h11-13,17H,6-10H2,1-5H3. The lowest BCUT2D eigenvalue weighted by Gasteiger charge is -2.45. The molecule has 4 atom stereocenters. The first-order chi connectivity index (χ1) is 8.74. The summed E-state index contributed by atoms with van der Waals surface area (Å²) in [6.07, 6.45) is 3.69. The van der Waals surface area contributed by atoms with E-state index < -0.39 is 0 Å². The second-order valence-corrected chi connectivity index (χ2v) is 7.74. The summed E-state index contributed by atoms with van der Waals surface area (Å²) in [6, 6.07) is 0. The van der Waals surface area contributed by atoms with Crippen molar-refractivity contribution in [3.63, 3.8) is 0 Å². The van der Waals surface area contributed by atoms with Crippen molar-refractivity contribution in [2.45, 2.75) is 59.5 Å². The van der Waals surface area contributed by atoms with Gasteiger partial charge in [0.25, 0.3) is 0 Å². The molecule has 1 aliphatic heterocycles. The quantitative estimate of drug-likeness (QED) is 0.742. The maximum atomic E-state index is 12.5. The van der Waals surface area contributed by atoms with Crippen LogP contribution in [0.15, 0.2) is 0 Å². The lowest BCUT2D eigenvalue weighted by Crippen LogP contribution is -2.46. The van der Waals surface area contributed by atoms with Crippen LogP contribution in [0.2, 0.25) is 0 Å². The van der Waals surface area contributed by atoms with Gasteiger partial charge >= 0.3 is 5.97 Å². The van der Waals surface area contributed by atoms with Crippen LogP contribution in [0, 0.1) is 23.2 Å². The van der Waals surface area contributed by atoms with Gasteiger partial charge < -0.3 is 10.1 Å². The first-order valence-corrected chi connectivity index (χ1v) is 7.68. The van der Waals surface area contributed by atoms with E-state index in [4.69, 9.17) is 4.74 Å². The minimum atomic E-state index is -0.385. The predicted octanol–water partition coefficient (Wildman–Crippen LogP) is 2.99. The Morgan fingerprint density at radius 1 is 1.26 bits per heavy atom. The van der Waals surface area contributed by atoms with Gasteiger partial charge in [0.2, 0.25) is 0 Å². The lowest BCUT2D eigenvalue weighted by atomic mass is 9.59. The van der Waals surface area contributed by atoms with Crippen molar-refractivity contribution in [3.8, 4) is 0 Å². The van der Waals surface area contributed by atoms with E-state index in [0.29, 0.717) is 5.92 Å². The molecule has 0 amide bonds. The predicted molar refractivity (Wildman–Crippen MR) is 76.8 cm³/mol. The Hall–Kier alpha value is -0.570. The molecule has 110 valence electrons. The van der Waals surface area contributed by atoms with Crippen LogP contribution >= 0.6 is 0 Å². The first kappa shape index (κ1) is 14.8. The molecule has 1 saturated heterocycles. The molecular weight excluding hydrogens is 238 g/mol. The lowest BCUT2D eigenvalue weighted by molar-refractivity contribution is -0.165. The molecule has 1 heterocycles. The molecule has 0 aromatic heterocycles. The molecule has 2 rings (SSSR count). The SMILES string of the molecule is CC1CCC(C)C2(CNCC2C(=O)OC(C)(C)C)C1. The second-order valence-electron chi connectivity index (χ2n) is 7.74. The molecule has 3 heteroatoms. The van der Waals surface area contributed by atoms with E-state index in [1.165, 1.54) is 12.8 Å². The zero-order chi connectivity index (χ0) is 14.3. The van der Waals surface area contributed by atoms with Crippen LogP contribution in [0.1, 0.15) is 53.9 Å². The average molecular weight is 267 g/mol. The molecule has 0 radical (unpaired) electrons. The molecular formula is C16H29NO2. The van der Waals surface area contributed by atoms with Crippen molar-refractivity contribution in [1.82, 2.24) is 5.32 Å². The van der Waals surface area contributed by atoms with Crippen molar-refractivity contribution in [2.75, 3.05) is 13.1 Å². The molecule has 1 aliphatic carbocycles. The summed E-state index contributed by atoms with van der Waals surface area (Å²) in [5, 5.41) is 3.45. The molecule has 0 bridgehead atoms. The third-order valence-corrected chi connectivity index (χ3v) is 4.99. The molecule has 0 aromatic carbocycles. The van der Waals surface area contributed by atoms with Gasteiger partial charge in [0, 0.05) is 18.5 Å². The maximum absolute atomic E-state index is 12.5. The van der Waals surface area contributed by atoms with E-state index in [9.17, 15) is 4.79 Å². The Labute approximate surface area is 117 Å². The summed E-state index contributed by atoms with van der Waals surface area (Å²) in [6.45, 7) is 12.2. The van der Waals surface area contributed by atoms with E-state index in [1.807, 2.05) is 20.8 Å². The minimum Gasteiger partial charge on any atom is -0.460 e. The van der Waals surface area contributed by atoms with Gasteiger partial charge in [-0.15, -0.1) is 0 Å². The number of rotatable bonds is 1. The van der Waals surface area contributed by atoms with E-state index >= 15 is 0 Å². The molecule has 1 saturated carbocycles. The highest BCUT2D eigenvalue weighted by molar-refractivity contribution is 5.75. The Bertz CT molecular complexity index is 347. The zero-order valence-corrected chi connectivity index (χ0v) is 13.1. The Kier molecular flexibility index (Phi) is 3.97. The number of nitrogens with one attached hydrogen (secondary N) is 1. The van der Waals surface area contributed by atoms with Gasteiger partial charge in [-0.05, 0) is 45.4 Å². The summed E-state index contributed by atoms with van der Waals surface area (Å²) in [5.41, 5.74) is -0.260. The highest BCUT2D eigenvalue weighted by atomic mass is 16.6. The van der Waals surface area contributed by atoms with Crippen molar-refractivity contribution in [2.24, 2.45) is 23.2 Å². The largest absolute Gasteiger partial charge is 0.460 e. The number of carbonyl (C=O) groups is 1. The number of ether oxygens (including phenoxy) is 1. The summed E-state index contributed by atoms with van der Waals surface area (Å²) in [5.74, 6) is 1.36. The number of hydrogen-bond donors (Lipinski definition) is 1. The topological polar surface area (TPSA) is 38.3 Å². The molecule has 1 N–H and O–H groups in total. The molecule has 0 aromatic rings. The zero-order valence-electron chi connectivity index (χ0n) is 13.1. The fraction of sp³-hybridized carbons (Fsp3) is 0.938. The third-order valence-electron chi connectivity index (χ3n) is 4.99. The monoisotopic (exact) mass is 267 g/mol. The Morgan fingerprint density at radius 3 is 2.58 bits per heavy atom. The van der Waals surface area contributed by atoms with Crippen LogP contribution in [-0.4, -0.2) is 24.7 Å². The molecule has 19 heavy (non-hydrogen) atoms. The van der Waals surface area contributed by atoms with Crippen LogP contribution in [0.5, 0.6) is 0 Å². The van der Waals surface area contributed by atoms with E-state index in [2.05, 4.69) is 19.2 Å². The average Bonchev–Trinajstić information content (AvgIpc) is 2.66. The van der Waals surface area contributed by atoms with Gasteiger partial charge in [0.05, 0.1) is 5.92 Å². The van der Waals surface area contributed by atoms with Gasteiger partial charge in [-0.2, -0.15) is 0 Å².